The Morgan fingerprint density at radius 2 is 1.33 bits per heavy atom. The largest absolute Gasteiger partial charge is 0.494 e. The maximum Gasteiger partial charge on any atom is 0.277 e. The molecule has 0 radical (unpaired) electrons. The van der Waals surface area contributed by atoms with E-state index in [1.807, 2.05) is 26.0 Å². The molecule has 4 aromatic heterocycles. The second-order valence-electron chi connectivity index (χ2n) is 15.2. The Morgan fingerprint density at radius 3 is 1.83 bits per heavy atom. The molecule has 7 rings (SSSR count). The number of carbonyl (C=O) groups excluding carboxylic acids is 4. The maximum absolute atomic E-state index is 13.8. The number of morpholine rings is 1. The molecule has 1 fully saturated rings. The number of primary amides is 1. The number of carbonyl (C=O) groups is 4. The minimum Gasteiger partial charge on any atom is -0.494 e. The number of aromatic nitrogens is 8. The molecule has 0 unspecified atom stereocenters. The van der Waals surface area contributed by atoms with Crippen LogP contribution < -0.4 is 25.8 Å². The van der Waals surface area contributed by atoms with E-state index in [-0.39, 0.29) is 41.9 Å². The Morgan fingerprint density at radius 1 is 0.812 bits per heavy atom. The Bertz CT molecular complexity index is 2740. The number of aryl methyl sites for hydroxylation is 4. The van der Waals surface area contributed by atoms with Gasteiger partial charge in [0.2, 0.25) is 17.8 Å². The molecule has 6 aromatic rings. The molecule has 5 heterocycles. The lowest BCUT2D eigenvalue weighted by molar-refractivity contribution is -0.0374. The molecule has 338 valence electrons. The number of fused-ring (bicyclic) bond motifs is 2. The molecule has 21 heteroatoms. The Hall–Kier alpha value is -7.10. The third-order valence-corrected chi connectivity index (χ3v) is 10.7. The van der Waals surface area contributed by atoms with Crippen LogP contribution in [0.4, 0.5) is 11.9 Å². The number of nitrogens with two attached hydrogens (primary N) is 1. The Kier molecular flexibility index (Phi) is 13.7. The predicted molar refractivity (Wildman–Crippen MR) is 236 cm³/mol. The summed E-state index contributed by atoms with van der Waals surface area (Å²) >= 11 is 0. The van der Waals surface area contributed by atoms with Gasteiger partial charge < -0.3 is 29.1 Å². The number of hydrogen-bond acceptors (Lipinski definition) is 13. The average molecular weight is 880 g/mol. The van der Waals surface area contributed by atoms with E-state index in [4.69, 9.17) is 29.9 Å². The molecule has 0 aliphatic carbocycles. The van der Waals surface area contributed by atoms with Crippen LogP contribution in [0, 0.1) is 13.8 Å². The number of hydroxylamine groups is 2. The van der Waals surface area contributed by atoms with E-state index in [0.29, 0.717) is 95.0 Å². The van der Waals surface area contributed by atoms with Crippen molar-refractivity contribution in [3.05, 3.63) is 82.5 Å². The standard InChI is InChI=1S/C43H53N13O8/c1-7-55-32(20-26(3)49-55)39(58)47-42-46-31-23-29(41(60)51(5)61)25-34(62-6)36(31)53(42)13-9-10-14-54-37-30(45-43(54)48-40(59)33-21-27(4)50-56(33)8-2)22-28(38(44)57)24-35(37)64-17-11-12-52-15-18-63-19-16-52/h9-10,20-25,61H,7-8,11-19H2,1-6H3,(H2,44,57)(H,45,48,59)(H,46,47,58)/b10-9+. The Labute approximate surface area is 368 Å². The number of benzene rings is 2. The molecular weight excluding hydrogens is 827 g/mol. The minimum absolute atomic E-state index is 0.115. The van der Waals surface area contributed by atoms with Gasteiger partial charge in [-0.05, 0) is 70.5 Å². The van der Waals surface area contributed by atoms with E-state index in [2.05, 4.69) is 25.7 Å². The van der Waals surface area contributed by atoms with E-state index in [0.717, 1.165) is 19.6 Å². The van der Waals surface area contributed by atoms with E-state index >= 15 is 0 Å². The van der Waals surface area contributed by atoms with Crippen molar-refractivity contribution >= 4 is 57.6 Å². The highest BCUT2D eigenvalue weighted by Crippen LogP contribution is 2.33. The van der Waals surface area contributed by atoms with Gasteiger partial charge in [-0.3, -0.25) is 49.3 Å². The maximum atomic E-state index is 13.8. The number of ether oxygens (including phenoxy) is 3. The summed E-state index contributed by atoms with van der Waals surface area (Å²) in [6.07, 6.45) is 4.39. The second-order valence-corrected chi connectivity index (χ2v) is 15.2. The summed E-state index contributed by atoms with van der Waals surface area (Å²) in [5.74, 6) is -1.27. The molecule has 0 saturated carbocycles. The average Bonchev–Trinajstić information content (AvgIpc) is 4.05. The fourth-order valence-electron chi connectivity index (χ4n) is 7.65. The van der Waals surface area contributed by atoms with Gasteiger partial charge in [0.15, 0.2) is 0 Å². The van der Waals surface area contributed by atoms with Crippen LogP contribution in [-0.4, -0.2) is 131 Å². The highest BCUT2D eigenvalue weighted by Gasteiger charge is 2.24. The quantitative estimate of drug-likeness (QED) is 0.0415. The van der Waals surface area contributed by atoms with Crippen LogP contribution in [0.1, 0.15) is 73.3 Å². The van der Waals surface area contributed by atoms with Gasteiger partial charge in [-0.15, -0.1) is 0 Å². The van der Waals surface area contributed by atoms with Gasteiger partial charge in [-0.25, -0.2) is 15.0 Å². The van der Waals surface area contributed by atoms with Crippen LogP contribution in [0.5, 0.6) is 11.5 Å². The topological polar surface area (TPSA) is 244 Å². The fourth-order valence-corrected chi connectivity index (χ4v) is 7.65. The normalized spacial score (nSPS) is 13.2. The molecule has 1 saturated heterocycles. The summed E-state index contributed by atoms with van der Waals surface area (Å²) in [6.45, 7) is 12.7. The highest BCUT2D eigenvalue weighted by molar-refractivity contribution is 6.05. The summed E-state index contributed by atoms with van der Waals surface area (Å²) in [7, 11) is 2.66. The molecule has 2 aromatic carbocycles. The highest BCUT2D eigenvalue weighted by atomic mass is 16.5. The van der Waals surface area contributed by atoms with Crippen molar-refractivity contribution in [2.45, 2.75) is 60.3 Å². The van der Waals surface area contributed by atoms with Crippen molar-refractivity contribution in [3.8, 4) is 11.5 Å². The molecule has 4 amide bonds. The predicted octanol–water partition coefficient (Wildman–Crippen LogP) is 3.87. The Balaban J connectivity index is 1.26. The third-order valence-electron chi connectivity index (χ3n) is 10.7. The number of imidazole rings is 2. The second kappa shape index (κ2) is 19.5. The van der Waals surface area contributed by atoms with Gasteiger partial charge in [0, 0.05) is 64.0 Å². The molecule has 1 aliphatic heterocycles. The van der Waals surface area contributed by atoms with Crippen LogP contribution in [0.15, 0.2) is 48.6 Å². The summed E-state index contributed by atoms with van der Waals surface area (Å²) in [4.78, 5) is 64.8. The minimum atomic E-state index is -0.685. The van der Waals surface area contributed by atoms with E-state index in [1.165, 1.54) is 26.3 Å². The number of anilines is 2. The van der Waals surface area contributed by atoms with Crippen LogP contribution in [0.2, 0.25) is 0 Å². The van der Waals surface area contributed by atoms with Crippen LogP contribution in [-0.2, 0) is 30.9 Å². The van der Waals surface area contributed by atoms with E-state index in [1.54, 1.807) is 56.6 Å². The number of hydrogen-bond donors (Lipinski definition) is 4. The lowest BCUT2D eigenvalue weighted by Gasteiger charge is -2.26. The summed E-state index contributed by atoms with van der Waals surface area (Å²) in [6, 6.07) is 9.51. The summed E-state index contributed by atoms with van der Waals surface area (Å²) in [5.41, 5.74) is 9.79. The number of nitrogens with zero attached hydrogens (tertiary/aromatic N) is 10. The molecule has 0 atom stereocenters. The third kappa shape index (κ3) is 9.60. The molecule has 64 heavy (non-hydrogen) atoms. The zero-order valence-electron chi connectivity index (χ0n) is 36.8. The molecule has 0 spiro atoms. The lowest BCUT2D eigenvalue weighted by Crippen LogP contribution is -2.37. The van der Waals surface area contributed by atoms with Crippen molar-refractivity contribution in [1.29, 1.82) is 0 Å². The monoisotopic (exact) mass is 879 g/mol. The lowest BCUT2D eigenvalue weighted by atomic mass is 10.1. The first kappa shape index (κ1) is 44.9. The zero-order chi connectivity index (χ0) is 45.7. The van der Waals surface area contributed by atoms with E-state index < -0.39 is 23.6 Å². The molecule has 1 aliphatic rings. The van der Waals surface area contributed by atoms with E-state index in [9.17, 15) is 24.4 Å². The number of nitrogens with one attached hydrogen (secondary N) is 2. The molecule has 0 bridgehead atoms. The zero-order valence-corrected chi connectivity index (χ0v) is 36.8. The van der Waals surface area contributed by atoms with Crippen LogP contribution in [0.3, 0.4) is 0 Å². The molecule has 21 nitrogen and oxygen atoms in total. The molecule has 5 N–H and O–H groups in total. The fraction of sp³-hybridized carbons (Fsp3) is 0.395. The number of allylic oxidation sites excluding steroid dienone is 2. The summed E-state index contributed by atoms with van der Waals surface area (Å²) < 4.78 is 24.3. The smallest absolute Gasteiger partial charge is 0.277 e. The van der Waals surface area contributed by atoms with Crippen molar-refractivity contribution < 1.29 is 38.6 Å². The number of methoxy groups -OCH3 is 1. The number of amides is 4. The summed E-state index contributed by atoms with van der Waals surface area (Å²) in [5, 5.41) is 25.1. The van der Waals surface area contributed by atoms with Gasteiger partial charge in [-0.2, -0.15) is 10.2 Å². The van der Waals surface area contributed by atoms with Gasteiger partial charge in [-0.1, -0.05) is 12.2 Å². The first-order chi connectivity index (χ1) is 30.8. The van der Waals surface area contributed by atoms with Crippen molar-refractivity contribution in [2.75, 3.05) is 64.2 Å². The van der Waals surface area contributed by atoms with Crippen molar-refractivity contribution in [1.82, 2.24) is 48.6 Å². The SMILES string of the molecule is CCn1nc(C)cc1C(=O)Nc1nc2cc(C(=O)N(C)O)cc(OC)c2n1C/C=C/Cn1c(NC(=O)c2cc(C)nn2CC)nc2cc(C(N)=O)cc(OCCCN3CCOCC3)c21. The van der Waals surface area contributed by atoms with Crippen molar-refractivity contribution in [2.24, 2.45) is 5.73 Å². The van der Waals surface area contributed by atoms with Crippen LogP contribution in [0.25, 0.3) is 22.1 Å². The van der Waals surface area contributed by atoms with Gasteiger partial charge >= 0.3 is 0 Å². The van der Waals surface area contributed by atoms with Gasteiger partial charge in [0.05, 0.1) is 49.4 Å². The van der Waals surface area contributed by atoms with Crippen molar-refractivity contribution in [3.63, 3.8) is 0 Å². The molecular formula is C43H53N13O8. The number of rotatable bonds is 18. The first-order valence-corrected chi connectivity index (χ1v) is 21.0. The van der Waals surface area contributed by atoms with Gasteiger partial charge in [0.25, 0.3) is 17.7 Å². The first-order valence-electron chi connectivity index (χ1n) is 21.0. The van der Waals surface area contributed by atoms with Crippen LogP contribution >= 0.6 is 0 Å². The van der Waals surface area contributed by atoms with Gasteiger partial charge in [0.1, 0.15) is 33.9 Å².